The van der Waals surface area contributed by atoms with E-state index in [1.54, 1.807) is 0 Å². The Morgan fingerprint density at radius 2 is 2.24 bits per heavy atom. The molecule has 3 rings (SSSR count). The summed E-state index contributed by atoms with van der Waals surface area (Å²) < 4.78 is 10.8. The molecule has 17 heavy (non-hydrogen) atoms. The Balaban J connectivity index is 1.81. The standard InChI is InChI=1S/C13H14ClNO2/c14-13-11(7-15-9-5-6-16-8-9)10-3-1-2-4-12(10)17-13/h1-4,9,15H,5-8H2. The molecule has 3 nitrogen and oxygen atoms in total. The number of hydrogen-bond donors (Lipinski definition) is 1. The molecule has 2 heterocycles. The van der Waals surface area contributed by atoms with Crippen molar-refractivity contribution in [2.24, 2.45) is 0 Å². The maximum atomic E-state index is 6.12. The maximum Gasteiger partial charge on any atom is 0.199 e. The van der Waals surface area contributed by atoms with Gasteiger partial charge in [0.1, 0.15) is 5.58 Å². The highest BCUT2D eigenvalue weighted by Crippen LogP contribution is 2.29. The quantitative estimate of drug-likeness (QED) is 0.911. The summed E-state index contributed by atoms with van der Waals surface area (Å²) in [6, 6.07) is 8.34. The minimum atomic E-state index is 0.430. The molecule has 0 amide bonds. The third-order valence-electron chi connectivity index (χ3n) is 3.15. The zero-order valence-corrected chi connectivity index (χ0v) is 10.2. The number of rotatable bonds is 3. The molecule has 0 bridgehead atoms. The first kappa shape index (κ1) is 11.1. The summed E-state index contributed by atoms with van der Waals surface area (Å²) in [5.41, 5.74) is 1.88. The smallest absolute Gasteiger partial charge is 0.199 e. The number of nitrogens with one attached hydrogen (secondary N) is 1. The topological polar surface area (TPSA) is 34.4 Å². The molecule has 4 heteroatoms. The van der Waals surface area contributed by atoms with Gasteiger partial charge in [0.05, 0.1) is 6.61 Å². The maximum absolute atomic E-state index is 6.12. The lowest BCUT2D eigenvalue weighted by molar-refractivity contribution is 0.190. The Morgan fingerprint density at radius 3 is 3.06 bits per heavy atom. The SMILES string of the molecule is Clc1oc2ccccc2c1CNC1CCOC1. The van der Waals surface area contributed by atoms with Crippen molar-refractivity contribution in [3.63, 3.8) is 0 Å². The molecule has 1 aliphatic heterocycles. The molecule has 0 saturated carbocycles. The Hall–Kier alpha value is -1.03. The highest BCUT2D eigenvalue weighted by atomic mass is 35.5. The Labute approximate surface area is 105 Å². The fourth-order valence-corrected chi connectivity index (χ4v) is 2.43. The molecule has 1 aromatic heterocycles. The molecule has 1 atom stereocenters. The van der Waals surface area contributed by atoms with Crippen LogP contribution in [0.5, 0.6) is 0 Å². The number of furan rings is 1. The molecule has 1 N–H and O–H groups in total. The van der Waals surface area contributed by atoms with Crippen molar-refractivity contribution in [1.82, 2.24) is 5.32 Å². The third kappa shape index (κ3) is 2.18. The van der Waals surface area contributed by atoms with Gasteiger partial charge < -0.3 is 14.5 Å². The Morgan fingerprint density at radius 1 is 1.35 bits per heavy atom. The first-order chi connectivity index (χ1) is 8.34. The van der Waals surface area contributed by atoms with Crippen molar-refractivity contribution in [2.45, 2.75) is 19.0 Å². The van der Waals surface area contributed by atoms with Gasteiger partial charge >= 0.3 is 0 Å². The van der Waals surface area contributed by atoms with Gasteiger partial charge in [-0.05, 0) is 24.1 Å². The lowest BCUT2D eigenvalue weighted by atomic mass is 10.1. The van der Waals surface area contributed by atoms with Gasteiger partial charge in [0.15, 0.2) is 5.22 Å². The minimum absolute atomic E-state index is 0.430. The van der Waals surface area contributed by atoms with Crippen molar-refractivity contribution in [3.05, 3.63) is 35.0 Å². The lowest BCUT2D eigenvalue weighted by Crippen LogP contribution is -2.28. The van der Waals surface area contributed by atoms with Crippen LogP contribution in [0, 0.1) is 0 Å². The first-order valence-corrected chi connectivity index (χ1v) is 6.19. The summed E-state index contributed by atoms with van der Waals surface area (Å²) in [6.07, 6.45) is 1.06. The van der Waals surface area contributed by atoms with Gasteiger partial charge in [-0.25, -0.2) is 0 Å². The average molecular weight is 252 g/mol. The second-order valence-corrected chi connectivity index (χ2v) is 4.64. The number of hydrogen-bond acceptors (Lipinski definition) is 3. The summed E-state index contributed by atoms with van der Waals surface area (Å²) in [4.78, 5) is 0. The van der Waals surface area contributed by atoms with Gasteiger partial charge in [-0.2, -0.15) is 0 Å². The van der Waals surface area contributed by atoms with E-state index >= 15 is 0 Å². The van der Waals surface area contributed by atoms with Crippen LogP contribution in [-0.2, 0) is 11.3 Å². The van der Waals surface area contributed by atoms with E-state index in [2.05, 4.69) is 5.32 Å². The number of ether oxygens (including phenoxy) is 1. The van der Waals surface area contributed by atoms with Crippen LogP contribution in [0.3, 0.4) is 0 Å². The molecule has 0 spiro atoms. The molecule has 1 fully saturated rings. The van der Waals surface area contributed by atoms with E-state index in [4.69, 9.17) is 20.8 Å². The van der Waals surface area contributed by atoms with E-state index in [-0.39, 0.29) is 0 Å². The monoisotopic (exact) mass is 251 g/mol. The molecular weight excluding hydrogens is 238 g/mol. The van der Waals surface area contributed by atoms with Crippen LogP contribution < -0.4 is 5.32 Å². The second kappa shape index (κ2) is 4.69. The largest absolute Gasteiger partial charge is 0.444 e. The zero-order chi connectivity index (χ0) is 11.7. The minimum Gasteiger partial charge on any atom is -0.444 e. The number of fused-ring (bicyclic) bond motifs is 1. The molecule has 1 unspecified atom stereocenters. The molecule has 0 radical (unpaired) electrons. The molecule has 2 aromatic rings. The highest BCUT2D eigenvalue weighted by molar-refractivity contribution is 6.30. The fraction of sp³-hybridized carbons (Fsp3) is 0.385. The van der Waals surface area contributed by atoms with Crippen molar-refractivity contribution < 1.29 is 9.15 Å². The number of benzene rings is 1. The molecule has 1 saturated heterocycles. The predicted molar refractivity (Wildman–Crippen MR) is 67.3 cm³/mol. The van der Waals surface area contributed by atoms with Crippen molar-refractivity contribution in [3.8, 4) is 0 Å². The van der Waals surface area contributed by atoms with E-state index in [1.165, 1.54) is 0 Å². The molecule has 0 aliphatic carbocycles. The predicted octanol–water partition coefficient (Wildman–Crippen LogP) is 2.96. The van der Waals surface area contributed by atoms with Crippen molar-refractivity contribution in [1.29, 1.82) is 0 Å². The van der Waals surface area contributed by atoms with Crippen molar-refractivity contribution in [2.75, 3.05) is 13.2 Å². The summed E-state index contributed by atoms with van der Waals surface area (Å²) in [5, 5.41) is 5.02. The summed E-state index contributed by atoms with van der Waals surface area (Å²) in [7, 11) is 0. The van der Waals surface area contributed by atoms with Gasteiger partial charge in [-0.1, -0.05) is 18.2 Å². The van der Waals surface area contributed by atoms with Crippen LogP contribution >= 0.6 is 11.6 Å². The molecular formula is C13H14ClNO2. The van der Waals surface area contributed by atoms with E-state index in [0.717, 1.165) is 42.7 Å². The van der Waals surface area contributed by atoms with Crippen LogP contribution in [-0.4, -0.2) is 19.3 Å². The van der Waals surface area contributed by atoms with Gasteiger partial charge in [-0.3, -0.25) is 0 Å². The first-order valence-electron chi connectivity index (χ1n) is 5.81. The number of para-hydroxylation sites is 1. The van der Waals surface area contributed by atoms with Gasteiger partial charge in [-0.15, -0.1) is 0 Å². The normalized spacial score (nSPS) is 20.2. The zero-order valence-electron chi connectivity index (χ0n) is 9.41. The summed E-state index contributed by atoms with van der Waals surface area (Å²) in [5.74, 6) is 0. The summed E-state index contributed by atoms with van der Waals surface area (Å²) >= 11 is 6.12. The fourth-order valence-electron chi connectivity index (χ4n) is 2.18. The average Bonchev–Trinajstić information content (AvgIpc) is 2.93. The van der Waals surface area contributed by atoms with Crippen LogP contribution in [0.25, 0.3) is 11.0 Å². The molecule has 1 aromatic carbocycles. The third-order valence-corrected chi connectivity index (χ3v) is 3.45. The van der Waals surface area contributed by atoms with Gasteiger partial charge in [0, 0.05) is 30.1 Å². The van der Waals surface area contributed by atoms with Crippen LogP contribution in [0.15, 0.2) is 28.7 Å². The van der Waals surface area contributed by atoms with E-state index < -0.39 is 0 Å². The van der Waals surface area contributed by atoms with Crippen LogP contribution in [0.4, 0.5) is 0 Å². The Kier molecular flexibility index (Phi) is 3.05. The van der Waals surface area contributed by atoms with E-state index in [1.807, 2.05) is 24.3 Å². The van der Waals surface area contributed by atoms with Gasteiger partial charge in [0.25, 0.3) is 0 Å². The lowest BCUT2D eigenvalue weighted by Gasteiger charge is -2.09. The van der Waals surface area contributed by atoms with Crippen LogP contribution in [0.1, 0.15) is 12.0 Å². The van der Waals surface area contributed by atoms with Crippen LogP contribution in [0.2, 0.25) is 5.22 Å². The molecule has 1 aliphatic rings. The number of halogens is 1. The van der Waals surface area contributed by atoms with E-state index in [9.17, 15) is 0 Å². The highest BCUT2D eigenvalue weighted by Gasteiger charge is 2.17. The molecule has 90 valence electrons. The Bertz CT molecular complexity index is 517. The van der Waals surface area contributed by atoms with Crippen molar-refractivity contribution >= 4 is 22.6 Å². The second-order valence-electron chi connectivity index (χ2n) is 4.29. The summed E-state index contributed by atoms with van der Waals surface area (Å²) in [6.45, 7) is 2.36. The van der Waals surface area contributed by atoms with E-state index in [0.29, 0.717) is 11.3 Å². The van der Waals surface area contributed by atoms with Gasteiger partial charge in [0.2, 0.25) is 0 Å².